The van der Waals surface area contributed by atoms with E-state index in [-0.39, 0.29) is 0 Å². The summed E-state index contributed by atoms with van der Waals surface area (Å²) in [5, 5.41) is 10.3. The second-order valence-electron chi connectivity index (χ2n) is 3.41. The fourth-order valence-corrected chi connectivity index (χ4v) is 1.12. The first kappa shape index (κ1) is 9.98. The van der Waals surface area contributed by atoms with Crippen LogP contribution in [0, 0.1) is 0 Å². The Labute approximate surface area is 78.7 Å². The molecule has 0 saturated heterocycles. The van der Waals surface area contributed by atoms with Crippen LogP contribution in [0.15, 0.2) is 6.20 Å². The summed E-state index contributed by atoms with van der Waals surface area (Å²) < 4.78 is 0. The van der Waals surface area contributed by atoms with E-state index in [2.05, 4.69) is 39.3 Å². The third kappa shape index (κ3) is 3.42. The first-order valence-corrected chi connectivity index (χ1v) is 4.42. The van der Waals surface area contributed by atoms with Crippen molar-refractivity contribution in [1.29, 1.82) is 0 Å². The molecule has 0 atom stereocenters. The number of hydrogen-bond donors (Lipinski definition) is 1. The van der Waals surface area contributed by atoms with Crippen molar-refractivity contribution in [2.24, 2.45) is 0 Å². The third-order valence-electron chi connectivity index (χ3n) is 1.89. The Morgan fingerprint density at radius 3 is 2.62 bits per heavy atom. The minimum absolute atomic E-state index is 0.902. The molecule has 0 aliphatic carbocycles. The van der Waals surface area contributed by atoms with Crippen LogP contribution in [0.3, 0.4) is 0 Å². The highest BCUT2D eigenvalue weighted by Gasteiger charge is 2.02. The lowest BCUT2D eigenvalue weighted by Gasteiger charge is -2.16. The minimum Gasteiger partial charge on any atom is -0.357 e. The summed E-state index contributed by atoms with van der Waals surface area (Å²) in [6.45, 7) is 2.10. The van der Waals surface area contributed by atoms with Crippen LogP contribution < -0.4 is 4.90 Å². The molecule has 5 nitrogen and oxygen atoms in total. The van der Waals surface area contributed by atoms with E-state index in [1.165, 1.54) is 0 Å². The van der Waals surface area contributed by atoms with Crippen LogP contribution in [-0.4, -0.2) is 54.5 Å². The van der Waals surface area contributed by atoms with Crippen molar-refractivity contribution in [2.45, 2.75) is 6.42 Å². The summed E-state index contributed by atoms with van der Waals surface area (Å²) in [7, 11) is 6.18. The van der Waals surface area contributed by atoms with Gasteiger partial charge >= 0.3 is 0 Å². The molecule has 5 heteroatoms. The molecule has 0 amide bonds. The SMILES string of the molecule is CN(C)CCCN(C)c1c[nH]nn1. The van der Waals surface area contributed by atoms with E-state index in [0.717, 1.165) is 25.3 Å². The number of anilines is 1. The summed E-state index contributed by atoms with van der Waals surface area (Å²) in [6, 6.07) is 0. The van der Waals surface area contributed by atoms with Gasteiger partial charge < -0.3 is 9.80 Å². The normalized spacial score (nSPS) is 10.8. The van der Waals surface area contributed by atoms with E-state index in [9.17, 15) is 0 Å². The zero-order valence-electron chi connectivity index (χ0n) is 8.49. The Morgan fingerprint density at radius 1 is 1.31 bits per heavy atom. The number of H-pyrrole nitrogens is 1. The number of aromatic amines is 1. The van der Waals surface area contributed by atoms with Gasteiger partial charge in [0.05, 0.1) is 6.20 Å². The molecule has 0 aromatic carbocycles. The predicted molar refractivity (Wildman–Crippen MR) is 52.8 cm³/mol. The molecule has 0 bridgehead atoms. The minimum atomic E-state index is 0.902. The van der Waals surface area contributed by atoms with Crippen molar-refractivity contribution in [2.75, 3.05) is 39.1 Å². The van der Waals surface area contributed by atoms with Crippen molar-refractivity contribution in [3.05, 3.63) is 6.20 Å². The molecule has 1 heterocycles. The van der Waals surface area contributed by atoms with Crippen LogP contribution in [0.4, 0.5) is 5.82 Å². The van der Waals surface area contributed by atoms with Crippen LogP contribution in [0.2, 0.25) is 0 Å². The topological polar surface area (TPSA) is 48.0 Å². The Kier molecular flexibility index (Phi) is 3.70. The average Bonchev–Trinajstić information content (AvgIpc) is 2.55. The fourth-order valence-electron chi connectivity index (χ4n) is 1.12. The van der Waals surface area contributed by atoms with Gasteiger partial charge in [0.2, 0.25) is 0 Å². The van der Waals surface area contributed by atoms with Crippen LogP contribution in [0.25, 0.3) is 0 Å². The van der Waals surface area contributed by atoms with Gasteiger partial charge in [-0.05, 0) is 27.1 Å². The first-order valence-electron chi connectivity index (χ1n) is 4.42. The second kappa shape index (κ2) is 4.81. The quantitative estimate of drug-likeness (QED) is 0.708. The van der Waals surface area contributed by atoms with Gasteiger partial charge in [0.25, 0.3) is 0 Å². The number of rotatable bonds is 5. The smallest absolute Gasteiger partial charge is 0.170 e. The lowest BCUT2D eigenvalue weighted by atomic mass is 10.4. The van der Waals surface area contributed by atoms with Gasteiger partial charge in [0.15, 0.2) is 5.82 Å². The number of nitrogens with zero attached hydrogens (tertiary/aromatic N) is 4. The molecular weight excluding hydrogens is 166 g/mol. The average molecular weight is 183 g/mol. The van der Waals surface area contributed by atoms with Crippen LogP contribution in [0.1, 0.15) is 6.42 Å². The highest BCUT2D eigenvalue weighted by atomic mass is 15.4. The number of nitrogens with one attached hydrogen (secondary N) is 1. The van der Waals surface area contributed by atoms with Gasteiger partial charge in [0, 0.05) is 13.6 Å². The molecule has 0 unspecified atom stereocenters. The van der Waals surface area contributed by atoms with Gasteiger partial charge in [-0.3, -0.25) is 5.10 Å². The van der Waals surface area contributed by atoms with E-state index in [1.807, 2.05) is 7.05 Å². The molecule has 0 fully saturated rings. The van der Waals surface area contributed by atoms with Gasteiger partial charge in [-0.25, -0.2) is 0 Å². The largest absolute Gasteiger partial charge is 0.357 e. The molecule has 1 aromatic heterocycles. The lowest BCUT2D eigenvalue weighted by molar-refractivity contribution is 0.401. The zero-order valence-corrected chi connectivity index (χ0v) is 8.49. The molecular formula is C8H17N5. The number of hydrogen-bond acceptors (Lipinski definition) is 4. The molecule has 13 heavy (non-hydrogen) atoms. The third-order valence-corrected chi connectivity index (χ3v) is 1.89. The molecule has 0 saturated carbocycles. The van der Waals surface area contributed by atoms with Gasteiger partial charge in [0.1, 0.15) is 0 Å². The first-order chi connectivity index (χ1) is 6.20. The van der Waals surface area contributed by atoms with Gasteiger partial charge in [-0.15, -0.1) is 5.10 Å². The van der Waals surface area contributed by atoms with Crippen molar-refractivity contribution >= 4 is 5.82 Å². The molecule has 1 N–H and O–H groups in total. The monoisotopic (exact) mass is 183 g/mol. The van der Waals surface area contributed by atoms with Crippen LogP contribution in [0.5, 0.6) is 0 Å². The maximum atomic E-state index is 3.92. The Bertz CT molecular complexity index is 218. The summed E-state index contributed by atoms with van der Waals surface area (Å²) in [5.41, 5.74) is 0. The summed E-state index contributed by atoms with van der Waals surface area (Å²) >= 11 is 0. The van der Waals surface area contributed by atoms with Crippen molar-refractivity contribution in [3.8, 4) is 0 Å². The predicted octanol–water partition coefficient (Wildman–Crippen LogP) is 0.193. The van der Waals surface area contributed by atoms with E-state index < -0.39 is 0 Å². The van der Waals surface area contributed by atoms with Crippen molar-refractivity contribution < 1.29 is 0 Å². The Hall–Kier alpha value is -1.10. The van der Waals surface area contributed by atoms with Crippen molar-refractivity contribution in [1.82, 2.24) is 20.3 Å². The van der Waals surface area contributed by atoms with Crippen molar-refractivity contribution in [3.63, 3.8) is 0 Å². The molecule has 0 aliphatic rings. The maximum Gasteiger partial charge on any atom is 0.170 e. The van der Waals surface area contributed by atoms with Crippen LogP contribution >= 0.6 is 0 Å². The van der Waals surface area contributed by atoms with Gasteiger partial charge in [-0.2, -0.15) is 0 Å². The molecule has 1 rings (SSSR count). The highest BCUT2D eigenvalue weighted by Crippen LogP contribution is 2.03. The summed E-state index contributed by atoms with van der Waals surface area (Å²) in [6.07, 6.45) is 2.94. The van der Waals surface area contributed by atoms with E-state index in [0.29, 0.717) is 0 Å². The second-order valence-corrected chi connectivity index (χ2v) is 3.41. The van der Waals surface area contributed by atoms with Crippen LogP contribution in [-0.2, 0) is 0 Å². The maximum absolute atomic E-state index is 3.92. The summed E-state index contributed by atoms with van der Waals surface area (Å²) in [4.78, 5) is 4.27. The Morgan fingerprint density at radius 2 is 2.08 bits per heavy atom. The van der Waals surface area contributed by atoms with E-state index in [1.54, 1.807) is 6.20 Å². The standard InChI is InChI=1S/C8H17N5/c1-12(2)5-4-6-13(3)8-7-9-11-10-8/h7H,4-6H2,1-3H3,(H,9,10,11). The fraction of sp³-hybridized carbons (Fsp3) is 0.750. The van der Waals surface area contributed by atoms with E-state index >= 15 is 0 Å². The molecule has 0 aliphatic heterocycles. The molecule has 0 radical (unpaired) electrons. The molecule has 0 spiro atoms. The highest BCUT2D eigenvalue weighted by molar-refractivity contribution is 5.32. The molecule has 1 aromatic rings. The lowest BCUT2D eigenvalue weighted by Crippen LogP contribution is -2.23. The Balaban J connectivity index is 2.22. The zero-order chi connectivity index (χ0) is 9.68. The molecule has 74 valence electrons. The van der Waals surface area contributed by atoms with E-state index in [4.69, 9.17) is 0 Å². The number of aromatic nitrogens is 3. The van der Waals surface area contributed by atoms with Gasteiger partial charge in [-0.1, -0.05) is 5.21 Å². The summed E-state index contributed by atoms with van der Waals surface area (Å²) in [5.74, 6) is 0.902.